The summed E-state index contributed by atoms with van der Waals surface area (Å²) in [6, 6.07) is 0. The van der Waals surface area contributed by atoms with E-state index >= 15 is 0 Å². The van der Waals surface area contributed by atoms with Crippen LogP contribution >= 0.6 is 0 Å². The van der Waals surface area contributed by atoms with Gasteiger partial charge in [-0.05, 0) is 116 Å². The predicted molar refractivity (Wildman–Crippen MR) is 292 cm³/mol. The Morgan fingerprint density at radius 2 is 0.603 bits per heavy atom. The minimum Gasteiger partial charge on any atom is -0.462 e. The molecule has 0 rings (SSSR count). The molecule has 0 bridgehead atoms. The highest BCUT2D eigenvalue weighted by atomic mass is 16.6. The second-order valence-corrected chi connectivity index (χ2v) is 17.4. The summed E-state index contributed by atoms with van der Waals surface area (Å²) in [5.74, 6) is -1.14. The maximum absolute atomic E-state index is 12.8. The number of unbranched alkanes of at least 4 members (excludes halogenated alkanes) is 14. The summed E-state index contributed by atoms with van der Waals surface area (Å²) in [4.78, 5) is 38.0. The maximum atomic E-state index is 12.8. The van der Waals surface area contributed by atoms with E-state index < -0.39 is 12.1 Å². The van der Waals surface area contributed by atoms with Crippen molar-refractivity contribution in [2.24, 2.45) is 0 Å². The molecular formula is C62H98O6. The SMILES string of the molecule is CC/C=C\C/C=C\C/C=C\C/C=C\C/C=C\CCC(=O)OCC(COC(=O)CCC/C=C\C/C=C\C/C=C\CCCCCCCC)OC(=O)CCC/C=C\C/C=C\C/C=C\CCCCCCCC. The minimum absolute atomic E-state index is 0.152. The molecule has 1 unspecified atom stereocenters. The topological polar surface area (TPSA) is 78.9 Å². The largest absolute Gasteiger partial charge is 0.462 e. The Hall–Kier alpha value is -4.45. The van der Waals surface area contributed by atoms with Crippen LogP contribution in [0.5, 0.6) is 0 Å². The number of ether oxygens (including phenoxy) is 3. The summed E-state index contributed by atoms with van der Waals surface area (Å²) in [6.07, 6.45) is 77.5. The van der Waals surface area contributed by atoms with Crippen LogP contribution in [0.1, 0.15) is 220 Å². The van der Waals surface area contributed by atoms with E-state index in [1.807, 2.05) is 12.2 Å². The number of carbonyl (C=O) groups excluding carboxylic acids is 3. The van der Waals surface area contributed by atoms with Gasteiger partial charge in [-0.25, -0.2) is 0 Å². The van der Waals surface area contributed by atoms with Gasteiger partial charge in [-0.15, -0.1) is 0 Å². The molecule has 0 spiro atoms. The first-order chi connectivity index (χ1) is 33.5. The van der Waals surface area contributed by atoms with Crippen LogP contribution < -0.4 is 0 Å². The molecule has 68 heavy (non-hydrogen) atoms. The molecule has 0 saturated carbocycles. The van der Waals surface area contributed by atoms with Gasteiger partial charge in [0.05, 0.1) is 0 Å². The molecule has 0 radical (unpaired) electrons. The fourth-order valence-corrected chi connectivity index (χ4v) is 6.82. The van der Waals surface area contributed by atoms with Gasteiger partial charge >= 0.3 is 17.9 Å². The zero-order valence-corrected chi connectivity index (χ0v) is 43.6. The highest BCUT2D eigenvalue weighted by molar-refractivity contribution is 5.71. The molecule has 1 atom stereocenters. The molecule has 0 saturated heterocycles. The zero-order valence-electron chi connectivity index (χ0n) is 43.6. The maximum Gasteiger partial charge on any atom is 0.306 e. The van der Waals surface area contributed by atoms with Crippen molar-refractivity contribution in [1.29, 1.82) is 0 Å². The van der Waals surface area contributed by atoms with Crippen molar-refractivity contribution in [3.05, 3.63) is 134 Å². The normalized spacial score (nSPS) is 13.2. The lowest BCUT2D eigenvalue weighted by Crippen LogP contribution is -2.30. The molecule has 6 heteroatoms. The Labute approximate surface area is 417 Å². The summed E-state index contributed by atoms with van der Waals surface area (Å²) in [7, 11) is 0. The third kappa shape index (κ3) is 52.5. The van der Waals surface area contributed by atoms with Crippen molar-refractivity contribution in [3.63, 3.8) is 0 Å². The molecule has 0 aliphatic rings. The van der Waals surface area contributed by atoms with Crippen molar-refractivity contribution >= 4 is 17.9 Å². The highest BCUT2D eigenvalue weighted by Gasteiger charge is 2.19. The van der Waals surface area contributed by atoms with Gasteiger partial charge < -0.3 is 14.2 Å². The van der Waals surface area contributed by atoms with Crippen molar-refractivity contribution < 1.29 is 28.6 Å². The average molecular weight is 939 g/mol. The lowest BCUT2D eigenvalue weighted by atomic mass is 10.1. The fourth-order valence-electron chi connectivity index (χ4n) is 6.82. The summed E-state index contributed by atoms with van der Waals surface area (Å²) in [5.41, 5.74) is 0. The number of esters is 3. The number of allylic oxidation sites excluding steroid dienone is 22. The molecular weight excluding hydrogens is 841 g/mol. The molecule has 0 aromatic carbocycles. The van der Waals surface area contributed by atoms with Crippen molar-refractivity contribution in [3.8, 4) is 0 Å². The van der Waals surface area contributed by atoms with Gasteiger partial charge in [0.2, 0.25) is 0 Å². The second-order valence-electron chi connectivity index (χ2n) is 17.4. The first-order valence-corrected chi connectivity index (χ1v) is 27.2. The molecule has 6 nitrogen and oxygen atoms in total. The van der Waals surface area contributed by atoms with Gasteiger partial charge in [0.1, 0.15) is 13.2 Å². The number of hydrogen-bond acceptors (Lipinski definition) is 6. The third-order valence-electron chi connectivity index (χ3n) is 10.9. The average Bonchev–Trinajstić information content (AvgIpc) is 3.34. The van der Waals surface area contributed by atoms with E-state index in [9.17, 15) is 14.4 Å². The van der Waals surface area contributed by atoms with E-state index in [1.54, 1.807) is 0 Å². The van der Waals surface area contributed by atoms with Gasteiger partial charge in [0, 0.05) is 19.3 Å². The molecule has 382 valence electrons. The van der Waals surface area contributed by atoms with Gasteiger partial charge in [-0.3, -0.25) is 14.4 Å². The van der Waals surface area contributed by atoms with Crippen LogP contribution in [0.2, 0.25) is 0 Å². The van der Waals surface area contributed by atoms with Crippen LogP contribution in [0.15, 0.2) is 134 Å². The summed E-state index contributed by atoms with van der Waals surface area (Å²) in [5, 5.41) is 0. The molecule has 0 N–H and O–H groups in total. The zero-order chi connectivity index (χ0) is 49.3. The molecule has 0 aromatic heterocycles. The molecule has 0 heterocycles. The van der Waals surface area contributed by atoms with Gasteiger partial charge in [0.25, 0.3) is 0 Å². The predicted octanol–water partition coefficient (Wildman–Crippen LogP) is 18.3. The van der Waals surface area contributed by atoms with Crippen molar-refractivity contribution in [2.45, 2.75) is 226 Å². The second kappa shape index (κ2) is 55.1. The monoisotopic (exact) mass is 939 g/mol. The molecule has 0 fully saturated rings. The Morgan fingerprint density at radius 1 is 0.309 bits per heavy atom. The minimum atomic E-state index is -0.860. The van der Waals surface area contributed by atoms with Crippen LogP contribution in [0.3, 0.4) is 0 Å². The number of hydrogen-bond donors (Lipinski definition) is 0. The van der Waals surface area contributed by atoms with E-state index in [0.29, 0.717) is 19.3 Å². The van der Waals surface area contributed by atoms with Crippen LogP contribution in [0, 0.1) is 0 Å². The van der Waals surface area contributed by atoms with Crippen LogP contribution in [-0.2, 0) is 28.6 Å². The molecule has 0 aliphatic heterocycles. The number of rotatable bonds is 47. The Morgan fingerprint density at radius 3 is 0.985 bits per heavy atom. The quantitative estimate of drug-likeness (QED) is 0.0262. The fraction of sp³-hybridized carbons (Fsp3) is 0.597. The van der Waals surface area contributed by atoms with Crippen molar-refractivity contribution in [2.75, 3.05) is 13.2 Å². The van der Waals surface area contributed by atoms with Crippen LogP contribution in [0.4, 0.5) is 0 Å². The van der Waals surface area contributed by atoms with E-state index in [0.717, 1.165) is 70.6 Å². The standard InChI is InChI=1S/C62H98O6/c1-4-7-10-13-16-19-22-25-28-31-34-37-40-43-46-49-52-55-61(64)67-58-59(57-66-60(63)54-51-48-45-42-39-36-33-30-27-24-21-18-15-12-9-6-3)68-62(65)56-53-50-47-44-41-38-35-32-29-26-23-20-17-14-11-8-5-2/h9,12,18,21,25-30,34-39,43-48,59H,4-8,10-11,13-17,19-20,22-24,31-33,40-42,49-58H2,1-3H3/b12-9-,21-18-,28-25-,29-26-,30-27-,37-34-,38-35-,39-36-,46-43-,47-44-,48-45-. The smallest absolute Gasteiger partial charge is 0.306 e. The Kier molecular flexibility index (Phi) is 51.5. The van der Waals surface area contributed by atoms with Gasteiger partial charge in [0.15, 0.2) is 6.10 Å². The van der Waals surface area contributed by atoms with Gasteiger partial charge in [-0.1, -0.05) is 219 Å². The first kappa shape index (κ1) is 63.5. The van der Waals surface area contributed by atoms with E-state index in [4.69, 9.17) is 14.2 Å². The van der Waals surface area contributed by atoms with E-state index in [1.165, 1.54) is 89.9 Å². The Balaban J connectivity index is 4.67. The van der Waals surface area contributed by atoms with E-state index in [-0.39, 0.29) is 44.4 Å². The Bertz CT molecular complexity index is 1500. The molecule has 0 aromatic rings. The summed E-state index contributed by atoms with van der Waals surface area (Å²) >= 11 is 0. The summed E-state index contributed by atoms with van der Waals surface area (Å²) < 4.78 is 16.7. The third-order valence-corrected chi connectivity index (χ3v) is 10.9. The number of carbonyl (C=O) groups is 3. The first-order valence-electron chi connectivity index (χ1n) is 27.2. The lowest BCUT2D eigenvalue weighted by molar-refractivity contribution is -0.166. The summed E-state index contributed by atoms with van der Waals surface area (Å²) in [6.45, 7) is 6.34. The highest BCUT2D eigenvalue weighted by Crippen LogP contribution is 2.11. The van der Waals surface area contributed by atoms with E-state index in [2.05, 4.69) is 142 Å². The van der Waals surface area contributed by atoms with Crippen molar-refractivity contribution in [1.82, 2.24) is 0 Å². The molecule has 0 amide bonds. The lowest BCUT2D eigenvalue weighted by Gasteiger charge is -2.18. The van der Waals surface area contributed by atoms with Crippen LogP contribution in [-0.4, -0.2) is 37.2 Å². The van der Waals surface area contributed by atoms with Crippen LogP contribution in [0.25, 0.3) is 0 Å². The molecule has 0 aliphatic carbocycles. The van der Waals surface area contributed by atoms with Gasteiger partial charge in [-0.2, -0.15) is 0 Å².